The lowest BCUT2D eigenvalue weighted by Crippen LogP contribution is -2.25. The zero-order valence-electron chi connectivity index (χ0n) is 31.6. The zero-order valence-corrected chi connectivity index (χ0v) is 32.5. The molecule has 0 bridgehead atoms. The summed E-state index contributed by atoms with van der Waals surface area (Å²) in [6.07, 6.45) is 0. The molecule has 0 unspecified atom stereocenters. The Bertz CT molecular complexity index is 3590. The van der Waals surface area contributed by atoms with Gasteiger partial charge in [-0.2, -0.15) is 0 Å². The van der Waals surface area contributed by atoms with Crippen LogP contribution in [0.25, 0.3) is 97.3 Å². The number of hydrogen-bond acceptors (Lipinski definition) is 1. The number of hydrogen-bond donors (Lipinski definition) is 0. The van der Waals surface area contributed by atoms with Gasteiger partial charge in [0.1, 0.15) is 0 Å². The molecule has 0 aromatic heterocycles. The first-order valence-corrected chi connectivity index (χ1v) is 21.6. The molecule has 0 fully saturated rings. The van der Waals surface area contributed by atoms with E-state index in [-0.39, 0.29) is 0 Å². The number of rotatable bonds is 4. The lowest BCUT2D eigenvalue weighted by Gasteiger charge is -2.22. The van der Waals surface area contributed by atoms with Gasteiger partial charge in [0.25, 0.3) is 0 Å². The van der Waals surface area contributed by atoms with Gasteiger partial charge in [-0.25, -0.2) is 0 Å². The second kappa shape index (κ2) is 12.7. The molecular weight excluding hydrogens is 720 g/mol. The lowest BCUT2D eigenvalue weighted by molar-refractivity contribution is 0.592. The molecule has 0 aliphatic rings. The van der Waals surface area contributed by atoms with Crippen LogP contribution in [-0.2, 0) is 4.57 Å². The van der Waals surface area contributed by atoms with Crippen molar-refractivity contribution in [1.29, 1.82) is 0 Å². The third-order valence-electron chi connectivity index (χ3n) is 12.5. The van der Waals surface area contributed by atoms with E-state index in [0.717, 1.165) is 53.8 Å². The minimum Gasteiger partial charge on any atom is -0.309 e. The van der Waals surface area contributed by atoms with Crippen LogP contribution in [0.3, 0.4) is 0 Å². The van der Waals surface area contributed by atoms with Gasteiger partial charge in [-0.05, 0) is 116 Å². The van der Waals surface area contributed by atoms with Crippen molar-refractivity contribution in [3.05, 3.63) is 212 Å². The Kier molecular flexibility index (Phi) is 7.27. The van der Waals surface area contributed by atoms with E-state index in [2.05, 4.69) is 212 Å². The van der Waals surface area contributed by atoms with E-state index in [1.54, 1.807) is 0 Å². The average molecular weight is 755 g/mol. The van der Waals surface area contributed by atoms with Crippen molar-refractivity contribution in [2.24, 2.45) is 0 Å². The van der Waals surface area contributed by atoms with Crippen LogP contribution >= 0.6 is 7.14 Å². The maximum absolute atomic E-state index is 16.6. The van der Waals surface area contributed by atoms with Crippen LogP contribution < -0.4 is 15.9 Å². The molecule has 0 radical (unpaired) electrons. The van der Waals surface area contributed by atoms with Crippen LogP contribution in [0.15, 0.2) is 212 Å². The van der Waals surface area contributed by atoms with E-state index in [1.165, 1.54) is 59.4 Å². The van der Waals surface area contributed by atoms with E-state index >= 15 is 4.57 Å². The maximum Gasteiger partial charge on any atom is 0.171 e. The summed E-state index contributed by atoms with van der Waals surface area (Å²) in [5, 5.41) is 21.5. The highest BCUT2D eigenvalue weighted by atomic mass is 31.2. The summed E-state index contributed by atoms with van der Waals surface area (Å²) < 4.78 is 16.6. The largest absolute Gasteiger partial charge is 0.309 e. The summed E-state index contributed by atoms with van der Waals surface area (Å²) in [6, 6.07) is 75.8. The van der Waals surface area contributed by atoms with Crippen LogP contribution in [-0.4, -0.2) is 0 Å². The van der Waals surface area contributed by atoms with Crippen LogP contribution in [0.5, 0.6) is 0 Å². The van der Waals surface area contributed by atoms with Crippen LogP contribution in [0.2, 0.25) is 0 Å². The topological polar surface area (TPSA) is 17.1 Å². The molecule has 0 N–H and O–H groups in total. The Labute approximate surface area is 335 Å². The predicted molar refractivity (Wildman–Crippen MR) is 251 cm³/mol. The van der Waals surface area contributed by atoms with Gasteiger partial charge >= 0.3 is 0 Å². The van der Waals surface area contributed by atoms with Gasteiger partial charge < -0.3 is 4.57 Å². The molecule has 0 atom stereocenters. The van der Waals surface area contributed by atoms with Crippen LogP contribution in [0.1, 0.15) is 0 Å². The first-order valence-electron chi connectivity index (χ1n) is 19.9. The predicted octanol–water partition coefficient (Wildman–Crippen LogP) is 14.2. The molecule has 2 heteroatoms. The highest BCUT2D eigenvalue weighted by molar-refractivity contribution is 7.85. The number of fused-ring (bicyclic) bond motifs is 13. The fraction of sp³-hybridized carbons (Fsp3) is 0. The summed E-state index contributed by atoms with van der Waals surface area (Å²) in [5.74, 6) is 0. The molecule has 0 saturated carbocycles. The van der Waals surface area contributed by atoms with Crippen molar-refractivity contribution in [3.63, 3.8) is 0 Å². The van der Waals surface area contributed by atoms with E-state index in [1.807, 2.05) is 0 Å². The van der Waals surface area contributed by atoms with Gasteiger partial charge in [0.2, 0.25) is 0 Å². The Balaban J connectivity index is 1.13. The normalized spacial score (nSPS) is 12.2. The van der Waals surface area contributed by atoms with Crippen molar-refractivity contribution in [3.8, 4) is 11.1 Å². The summed E-state index contributed by atoms with van der Waals surface area (Å²) in [6.45, 7) is 0. The van der Waals surface area contributed by atoms with Crippen LogP contribution in [0.4, 0.5) is 0 Å². The van der Waals surface area contributed by atoms with E-state index in [9.17, 15) is 0 Å². The van der Waals surface area contributed by atoms with Crippen molar-refractivity contribution in [2.45, 2.75) is 0 Å². The highest BCUT2D eigenvalue weighted by Crippen LogP contribution is 2.47. The van der Waals surface area contributed by atoms with Gasteiger partial charge in [0.15, 0.2) is 7.14 Å². The Morgan fingerprint density at radius 2 is 0.638 bits per heavy atom. The van der Waals surface area contributed by atoms with Gasteiger partial charge in [0.05, 0.1) is 0 Å². The second-order valence-corrected chi connectivity index (χ2v) is 18.3. The first-order chi connectivity index (χ1) is 28.6. The van der Waals surface area contributed by atoms with Crippen LogP contribution in [0, 0.1) is 0 Å². The van der Waals surface area contributed by atoms with Crippen molar-refractivity contribution in [2.75, 3.05) is 0 Å². The lowest BCUT2D eigenvalue weighted by atomic mass is 9.86. The minimum atomic E-state index is -3.42. The van der Waals surface area contributed by atoms with Gasteiger partial charge in [-0.1, -0.05) is 194 Å². The molecule has 0 spiro atoms. The second-order valence-electron chi connectivity index (χ2n) is 15.5. The molecule has 0 heterocycles. The first kappa shape index (κ1) is 33.1. The molecule has 270 valence electrons. The Morgan fingerprint density at radius 3 is 1.19 bits per heavy atom. The minimum absolute atomic E-state index is 0.815. The molecule has 0 amide bonds. The molecule has 0 saturated heterocycles. The third-order valence-corrected chi connectivity index (χ3v) is 15.5. The SMILES string of the molecule is O=P(c1ccc(-c2c3ccccc3cc3c4ccccc4c4ccccc4c23)cc1)(c1ccc2ccc3ccccc3c2c1)c1ccc2ccc3ccccc3c2c1. The third kappa shape index (κ3) is 4.87. The van der Waals surface area contributed by atoms with Gasteiger partial charge in [0, 0.05) is 15.9 Å². The van der Waals surface area contributed by atoms with Crippen molar-refractivity contribution >= 4 is 109 Å². The molecule has 12 rings (SSSR count). The van der Waals surface area contributed by atoms with Gasteiger partial charge in [-0.15, -0.1) is 0 Å². The van der Waals surface area contributed by atoms with Crippen molar-refractivity contribution < 1.29 is 4.57 Å². The van der Waals surface area contributed by atoms with Crippen molar-refractivity contribution in [1.82, 2.24) is 0 Å². The average Bonchev–Trinajstić information content (AvgIpc) is 3.30. The molecule has 12 aromatic carbocycles. The fourth-order valence-corrected chi connectivity index (χ4v) is 12.3. The molecule has 58 heavy (non-hydrogen) atoms. The van der Waals surface area contributed by atoms with Gasteiger partial charge in [-0.3, -0.25) is 0 Å². The Hall–Kier alpha value is -7.05. The fourth-order valence-electron chi connectivity index (χ4n) is 9.69. The standard InChI is InChI=1S/C56H35OP/c57-58(43-31-25-38-23-21-36-11-1-4-14-45(36)52(38)34-43,44-32-26-39-24-22-37-12-2-5-15-46(37)53(39)35-44)42-29-27-40(28-30-42)55-47-16-6-3-13-41(47)33-54-50-19-8-7-17-48(50)49-18-9-10-20-51(49)56(54)55/h1-35H. The smallest absolute Gasteiger partial charge is 0.171 e. The van der Waals surface area contributed by atoms with E-state index in [4.69, 9.17) is 0 Å². The summed E-state index contributed by atoms with van der Waals surface area (Å²) in [7, 11) is -3.42. The molecular formula is C56H35OP. The summed E-state index contributed by atoms with van der Waals surface area (Å²) in [5.41, 5.74) is 2.30. The quantitative estimate of drug-likeness (QED) is 0.0993. The maximum atomic E-state index is 16.6. The highest BCUT2D eigenvalue weighted by Gasteiger charge is 2.31. The summed E-state index contributed by atoms with van der Waals surface area (Å²) in [4.78, 5) is 0. The molecule has 1 nitrogen and oxygen atoms in total. The Morgan fingerprint density at radius 1 is 0.259 bits per heavy atom. The van der Waals surface area contributed by atoms with E-state index < -0.39 is 7.14 Å². The number of benzene rings is 12. The zero-order chi connectivity index (χ0) is 38.4. The summed E-state index contributed by atoms with van der Waals surface area (Å²) >= 11 is 0. The molecule has 0 aliphatic heterocycles. The molecule has 0 aliphatic carbocycles. The molecule has 12 aromatic rings. The monoisotopic (exact) mass is 754 g/mol. The van der Waals surface area contributed by atoms with E-state index in [0.29, 0.717) is 0 Å².